The Hall–Kier alpha value is -1.32. The van der Waals surface area contributed by atoms with E-state index < -0.39 is 22.7 Å². The first-order chi connectivity index (χ1) is 10.6. The highest BCUT2D eigenvalue weighted by molar-refractivity contribution is 8.24. The van der Waals surface area contributed by atoms with Gasteiger partial charge in [-0.3, -0.25) is 14.5 Å². The normalized spacial score (nSPS) is 18.5. The van der Waals surface area contributed by atoms with Crippen LogP contribution >= 0.6 is 35.6 Å². The molecule has 0 aliphatic carbocycles. The Labute approximate surface area is 144 Å². The van der Waals surface area contributed by atoms with Crippen molar-refractivity contribution in [2.45, 2.75) is 18.3 Å². The van der Waals surface area contributed by atoms with Crippen LogP contribution in [0.4, 0.5) is 18.9 Å². The minimum absolute atomic E-state index is 0.0648. The van der Waals surface area contributed by atoms with Gasteiger partial charge >= 0.3 is 6.18 Å². The van der Waals surface area contributed by atoms with Crippen LogP contribution in [0.2, 0.25) is 5.02 Å². The van der Waals surface area contributed by atoms with E-state index in [1.165, 1.54) is 6.07 Å². The van der Waals surface area contributed by atoms with Crippen molar-refractivity contribution >= 4 is 57.4 Å². The fraction of sp³-hybridized carbons (Fsp3) is 0.308. The molecule has 1 aliphatic rings. The maximum absolute atomic E-state index is 12.8. The highest BCUT2D eigenvalue weighted by atomic mass is 35.5. The molecule has 1 unspecified atom stereocenters. The Morgan fingerprint density at radius 3 is 2.65 bits per heavy atom. The third-order valence-corrected chi connectivity index (χ3v) is 4.78. The van der Waals surface area contributed by atoms with Crippen LogP contribution in [-0.4, -0.2) is 32.8 Å². The molecule has 1 aromatic rings. The quantitative estimate of drug-likeness (QED) is 0.812. The average Bonchev–Trinajstić information content (AvgIpc) is 2.66. The average molecular weight is 383 g/mol. The van der Waals surface area contributed by atoms with Gasteiger partial charge in [-0.15, -0.1) is 0 Å². The second-order valence-electron chi connectivity index (χ2n) is 4.69. The highest BCUT2D eigenvalue weighted by Gasteiger charge is 2.35. The van der Waals surface area contributed by atoms with Crippen molar-refractivity contribution < 1.29 is 22.8 Å². The molecule has 0 aromatic heterocycles. The molecule has 1 N–H and O–H groups in total. The van der Waals surface area contributed by atoms with E-state index in [-0.39, 0.29) is 27.7 Å². The molecule has 10 heteroatoms. The lowest BCUT2D eigenvalue weighted by Gasteiger charge is -2.16. The molecule has 0 radical (unpaired) electrons. The molecule has 2 rings (SSSR count). The number of thioether (sulfide) groups is 1. The van der Waals surface area contributed by atoms with E-state index in [9.17, 15) is 22.8 Å². The lowest BCUT2D eigenvalue weighted by Crippen LogP contribution is -2.37. The van der Waals surface area contributed by atoms with E-state index >= 15 is 0 Å². The van der Waals surface area contributed by atoms with Gasteiger partial charge in [0.15, 0.2) is 0 Å². The van der Waals surface area contributed by atoms with Crippen LogP contribution < -0.4 is 5.32 Å². The number of anilines is 1. The van der Waals surface area contributed by atoms with Crippen molar-refractivity contribution in [2.75, 3.05) is 11.9 Å². The van der Waals surface area contributed by atoms with Gasteiger partial charge in [-0.25, -0.2) is 0 Å². The Balaban J connectivity index is 2.09. The molecular formula is C13H10ClF3N2O2S2. The fourth-order valence-corrected chi connectivity index (χ4v) is 3.51. The van der Waals surface area contributed by atoms with Crippen LogP contribution in [0.15, 0.2) is 18.2 Å². The van der Waals surface area contributed by atoms with Crippen molar-refractivity contribution in [3.05, 3.63) is 28.8 Å². The van der Waals surface area contributed by atoms with E-state index in [0.717, 1.165) is 28.8 Å². The fourth-order valence-electron chi connectivity index (χ4n) is 1.88. The lowest BCUT2D eigenvalue weighted by molar-refractivity contribution is -0.137. The van der Waals surface area contributed by atoms with Crippen LogP contribution in [0.5, 0.6) is 0 Å². The Kier molecular flexibility index (Phi) is 5.22. The maximum Gasteiger partial charge on any atom is 0.417 e. The highest BCUT2D eigenvalue weighted by Crippen LogP contribution is 2.36. The number of alkyl halides is 3. The predicted octanol–water partition coefficient (Wildman–Crippen LogP) is 3.55. The molecule has 0 spiro atoms. The molecule has 1 atom stereocenters. The van der Waals surface area contributed by atoms with Crippen molar-refractivity contribution in [1.29, 1.82) is 0 Å². The number of hydrogen-bond acceptors (Lipinski definition) is 4. The van der Waals surface area contributed by atoms with Gasteiger partial charge in [-0.1, -0.05) is 35.6 Å². The van der Waals surface area contributed by atoms with Crippen molar-refractivity contribution in [2.24, 2.45) is 0 Å². The number of rotatable bonds is 3. The van der Waals surface area contributed by atoms with Gasteiger partial charge in [0.05, 0.1) is 15.8 Å². The maximum atomic E-state index is 12.8. The van der Waals surface area contributed by atoms with Crippen molar-refractivity contribution in [1.82, 2.24) is 4.90 Å². The second-order valence-corrected chi connectivity index (χ2v) is 7.07. The summed E-state index contributed by atoms with van der Waals surface area (Å²) in [6.07, 6.45) is -4.63. The molecule has 23 heavy (non-hydrogen) atoms. The summed E-state index contributed by atoms with van der Waals surface area (Å²) in [6.45, 7) is 1.31. The Morgan fingerprint density at radius 2 is 2.13 bits per heavy atom. The van der Waals surface area contributed by atoms with Gasteiger partial charge in [-0.05, 0) is 25.1 Å². The number of thiocarbonyl (C=S) groups is 1. The van der Waals surface area contributed by atoms with Gasteiger partial charge < -0.3 is 5.32 Å². The number of nitrogens with one attached hydrogen (secondary N) is 1. The van der Waals surface area contributed by atoms with Crippen molar-refractivity contribution in [3.63, 3.8) is 0 Å². The first-order valence-electron chi connectivity index (χ1n) is 6.28. The summed E-state index contributed by atoms with van der Waals surface area (Å²) in [4.78, 5) is 24.9. The van der Waals surface area contributed by atoms with E-state index in [0.29, 0.717) is 0 Å². The third-order valence-electron chi connectivity index (χ3n) is 2.97. The molecule has 0 bridgehead atoms. The zero-order valence-electron chi connectivity index (χ0n) is 11.6. The first kappa shape index (κ1) is 18.0. The molecule has 1 aromatic carbocycles. The summed E-state index contributed by atoms with van der Waals surface area (Å²) in [5, 5.41) is 1.47. The summed E-state index contributed by atoms with van der Waals surface area (Å²) in [5.74, 6) is -0.951. The monoisotopic (exact) mass is 382 g/mol. The van der Waals surface area contributed by atoms with Gasteiger partial charge in [0.1, 0.15) is 10.9 Å². The largest absolute Gasteiger partial charge is 0.417 e. The predicted molar refractivity (Wildman–Crippen MR) is 86.4 cm³/mol. The van der Waals surface area contributed by atoms with Crippen LogP contribution in [0.25, 0.3) is 0 Å². The van der Waals surface area contributed by atoms with Gasteiger partial charge in [-0.2, -0.15) is 13.2 Å². The molecule has 2 amide bonds. The van der Waals surface area contributed by atoms with Crippen molar-refractivity contribution in [3.8, 4) is 0 Å². The minimum atomic E-state index is -4.63. The third kappa shape index (κ3) is 4.15. The SMILES string of the molecule is CC1SC(=S)N(CC(=O)Nc2ccc(Cl)c(C(F)(F)F)c2)C1=O. The first-order valence-corrected chi connectivity index (χ1v) is 7.95. The molecule has 4 nitrogen and oxygen atoms in total. The molecular weight excluding hydrogens is 373 g/mol. The van der Waals surface area contributed by atoms with Crippen LogP contribution in [-0.2, 0) is 15.8 Å². The summed E-state index contributed by atoms with van der Waals surface area (Å²) in [5.41, 5.74) is -1.11. The summed E-state index contributed by atoms with van der Waals surface area (Å²) < 4.78 is 38.6. The number of benzene rings is 1. The van der Waals surface area contributed by atoms with Gasteiger partial charge in [0.25, 0.3) is 0 Å². The van der Waals surface area contributed by atoms with E-state index in [4.69, 9.17) is 23.8 Å². The van der Waals surface area contributed by atoms with Crippen LogP contribution in [0.1, 0.15) is 12.5 Å². The number of amides is 2. The number of carbonyl (C=O) groups is 2. The van der Waals surface area contributed by atoms with E-state index in [1.807, 2.05) is 0 Å². The summed E-state index contributed by atoms with van der Waals surface area (Å²) >= 11 is 11.6. The molecule has 1 aliphatic heterocycles. The van der Waals surface area contributed by atoms with E-state index in [1.54, 1.807) is 6.92 Å². The lowest BCUT2D eigenvalue weighted by atomic mass is 10.2. The van der Waals surface area contributed by atoms with Crippen LogP contribution in [0.3, 0.4) is 0 Å². The zero-order chi connectivity index (χ0) is 17.4. The van der Waals surface area contributed by atoms with E-state index in [2.05, 4.69) is 5.32 Å². The van der Waals surface area contributed by atoms with Crippen LogP contribution in [0, 0.1) is 0 Å². The Bertz CT molecular complexity index is 682. The molecule has 1 saturated heterocycles. The number of halogens is 4. The number of carbonyl (C=O) groups excluding carboxylic acids is 2. The molecule has 1 heterocycles. The minimum Gasteiger partial charge on any atom is -0.325 e. The molecule has 124 valence electrons. The number of hydrogen-bond donors (Lipinski definition) is 1. The standard InChI is InChI=1S/C13H10ClF3N2O2S2/c1-6-11(21)19(12(22)23-6)5-10(20)18-7-2-3-9(14)8(4-7)13(15,16)17/h2-4,6H,5H2,1H3,(H,18,20). The second kappa shape index (κ2) is 6.66. The smallest absolute Gasteiger partial charge is 0.325 e. The van der Waals surface area contributed by atoms with Gasteiger partial charge in [0.2, 0.25) is 11.8 Å². The topological polar surface area (TPSA) is 49.4 Å². The summed E-state index contributed by atoms with van der Waals surface area (Å²) in [7, 11) is 0. The molecule has 0 saturated carbocycles. The van der Waals surface area contributed by atoms with Gasteiger partial charge in [0, 0.05) is 5.69 Å². The molecule has 1 fully saturated rings. The Morgan fingerprint density at radius 1 is 1.48 bits per heavy atom. The zero-order valence-corrected chi connectivity index (χ0v) is 14.0. The summed E-state index contributed by atoms with van der Waals surface area (Å²) in [6, 6.07) is 3.03. The number of nitrogens with zero attached hydrogens (tertiary/aromatic N) is 1.